The molecule has 2 aromatic heterocycles. The van der Waals surface area contributed by atoms with Gasteiger partial charge < -0.3 is 15.4 Å². The quantitative estimate of drug-likeness (QED) is 0.578. The molecule has 0 aliphatic rings. The van der Waals surface area contributed by atoms with Gasteiger partial charge in [0, 0.05) is 20.2 Å². The second-order valence-electron chi connectivity index (χ2n) is 7.66. The third-order valence-electron chi connectivity index (χ3n) is 4.83. The van der Waals surface area contributed by atoms with E-state index in [1.807, 2.05) is 45.0 Å². The molecule has 30 heavy (non-hydrogen) atoms. The average Bonchev–Trinajstić information content (AvgIpc) is 2.69. The average molecular weight is 412 g/mol. The zero-order valence-electron chi connectivity index (χ0n) is 17.8. The maximum atomic E-state index is 12.7. The van der Waals surface area contributed by atoms with Crippen molar-refractivity contribution in [3.8, 4) is 0 Å². The lowest BCUT2D eigenvalue weighted by molar-refractivity contribution is 0.205. The number of methoxy groups -OCH3 is 1. The second kappa shape index (κ2) is 9.08. The highest BCUT2D eigenvalue weighted by atomic mass is 16.5. The number of aromatic nitrogens is 4. The van der Waals surface area contributed by atoms with Gasteiger partial charge in [-0.05, 0) is 25.0 Å². The summed E-state index contributed by atoms with van der Waals surface area (Å²) >= 11 is 0. The first kappa shape index (κ1) is 21.5. The smallest absolute Gasteiger partial charge is 0.330 e. The Hall–Kier alpha value is -3.20. The van der Waals surface area contributed by atoms with Crippen molar-refractivity contribution in [2.75, 3.05) is 30.9 Å². The standard InChI is InChI=1S/C21H28N6O3/c1-13(2)11-27-19(22)18(20(28)25-21(27)29)26(9-10-30-4)12-17-14(3)23-15-7-5-6-8-16(15)24-17/h5-8,13H,9-12,22H2,1-4H3,(H,25,28,29). The molecule has 160 valence electrons. The number of benzene rings is 1. The molecule has 3 N–H and O–H groups in total. The van der Waals surface area contributed by atoms with E-state index < -0.39 is 11.2 Å². The van der Waals surface area contributed by atoms with Gasteiger partial charge in [0.1, 0.15) is 11.5 Å². The minimum absolute atomic E-state index is 0.139. The number of nitrogens with one attached hydrogen (secondary N) is 1. The number of nitrogens with zero attached hydrogens (tertiary/aromatic N) is 4. The van der Waals surface area contributed by atoms with Crippen LogP contribution in [0.1, 0.15) is 25.2 Å². The molecular weight excluding hydrogens is 384 g/mol. The van der Waals surface area contributed by atoms with E-state index in [1.165, 1.54) is 4.57 Å². The van der Waals surface area contributed by atoms with Gasteiger partial charge in [0.2, 0.25) is 0 Å². The van der Waals surface area contributed by atoms with E-state index in [9.17, 15) is 9.59 Å². The molecule has 3 rings (SSSR count). The third-order valence-corrected chi connectivity index (χ3v) is 4.83. The van der Waals surface area contributed by atoms with Crippen LogP contribution in [-0.4, -0.2) is 39.8 Å². The Bertz CT molecular complexity index is 1150. The summed E-state index contributed by atoms with van der Waals surface area (Å²) in [6, 6.07) is 7.63. The zero-order valence-corrected chi connectivity index (χ0v) is 17.8. The lowest BCUT2D eigenvalue weighted by Gasteiger charge is -2.26. The first-order valence-corrected chi connectivity index (χ1v) is 9.90. The number of H-pyrrole nitrogens is 1. The van der Waals surface area contributed by atoms with E-state index in [2.05, 4.69) is 9.97 Å². The number of rotatable bonds is 8. The van der Waals surface area contributed by atoms with Gasteiger partial charge in [-0.15, -0.1) is 0 Å². The Kier molecular flexibility index (Phi) is 6.51. The van der Waals surface area contributed by atoms with Crippen molar-refractivity contribution < 1.29 is 4.74 Å². The number of fused-ring (bicyclic) bond motifs is 1. The fourth-order valence-corrected chi connectivity index (χ4v) is 3.36. The summed E-state index contributed by atoms with van der Waals surface area (Å²) in [6.07, 6.45) is 0. The van der Waals surface area contributed by atoms with Crippen molar-refractivity contribution in [2.45, 2.75) is 33.9 Å². The Labute approximate surface area is 174 Å². The van der Waals surface area contributed by atoms with Crippen LogP contribution in [-0.2, 0) is 17.8 Å². The summed E-state index contributed by atoms with van der Waals surface area (Å²) in [5.41, 5.74) is 8.59. The van der Waals surface area contributed by atoms with Gasteiger partial charge in [-0.1, -0.05) is 26.0 Å². The van der Waals surface area contributed by atoms with Gasteiger partial charge in [0.05, 0.1) is 35.6 Å². The highest BCUT2D eigenvalue weighted by molar-refractivity contribution is 5.74. The van der Waals surface area contributed by atoms with Crippen molar-refractivity contribution in [1.29, 1.82) is 0 Å². The van der Waals surface area contributed by atoms with E-state index in [1.54, 1.807) is 12.0 Å². The van der Waals surface area contributed by atoms with Gasteiger partial charge in [-0.25, -0.2) is 14.8 Å². The minimum atomic E-state index is -0.528. The molecule has 0 atom stereocenters. The van der Waals surface area contributed by atoms with Gasteiger partial charge in [0.15, 0.2) is 0 Å². The molecule has 0 saturated heterocycles. The summed E-state index contributed by atoms with van der Waals surface area (Å²) in [5.74, 6) is 0.324. The SMILES string of the molecule is COCCN(Cc1nc2ccccc2nc1C)c1c(N)n(CC(C)C)c(=O)[nH]c1=O. The normalized spacial score (nSPS) is 11.4. The number of nitrogen functional groups attached to an aromatic ring is 1. The number of hydrogen-bond acceptors (Lipinski definition) is 7. The lowest BCUT2D eigenvalue weighted by atomic mass is 10.2. The molecular formula is C21H28N6O3. The number of nitrogens with two attached hydrogens (primary N) is 1. The topological polar surface area (TPSA) is 119 Å². The Balaban J connectivity index is 2.08. The van der Waals surface area contributed by atoms with Crippen LogP contribution in [0, 0.1) is 12.8 Å². The van der Waals surface area contributed by atoms with E-state index in [4.69, 9.17) is 15.5 Å². The number of aryl methyl sites for hydroxylation is 1. The van der Waals surface area contributed by atoms with Crippen LogP contribution >= 0.6 is 0 Å². The summed E-state index contributed by atoms with van der Waals surface area (Å²) in [5, 5.41) is 0. The largest absolute Gasteiger partial charge is 0.383 e. The van der Waals surface area contributed by atoms with Gasteiger partial charge in [-0.2, -0.15) is 0 Å². The Morgan fingerprint density at radius 3 is 2.50 bits per heavy atom. The highest BCUT2D eigenvalue weighted by Gasteiger charge is 2.21. The van der Waals surface area contributed by atoms with Crippen LogP contribution in [0.2, 0.25) is 0 Å². The van der Waals surface area contributed by atoms with E-state index in [0.717, 1.165) is 22.4 Å². The van der Waals surface area contributed by atoms with Crippen LogP contribution in [0.15, 0.2) is 33.9 Å². The number of para-hydroxylation sites is 2. The van der Waals surface area contributed by atoms with Crippen molar-refractivity contribution in [1.82, 2.24) is 19.5 Å². The molecule has 9 heteroatoms. The highest BCUT2D eigenvalue weighted by Crippen LogP contribution is 2.21. The molecule has 0 aliphatic heterocycles. The predicted molar refractivity (Wildman–Crippen MR) is 118 cm³/mol. The first-order valence-electron chi connectivity index (χ1n) is 9.90. The first-order chi connectivity index (χ1) is 14.3. The molecule has 0 aliphatic carbocycles. The molecule has 0 amide bonds. The van der Waals surface area contributed by atoms with E-state index >= 15 is 0 Å². The maximum Gasteiger partial charge on any atom is 0.330 e. The van der Waals surface area contributed by atoms with Crippen molar-refractivity contribution in [3.05, 3.63) is 56.5 Å². The molecule has 0 unspecified atom stereocenters. The van der Waals surface area contributed by atoms with Crippen LogP contribution in [0.25, 0.3) is 11.0 Å². The van der Waals surface area contributed by atoms with Crippen LogP contribution in [0.3, 0.4) is 0 Å². The van der Waals surface area contributed by atoms with Crippen molar-refractivity contribution >= 4 is 22.5 Å². The van der Waals surface area contributed by atoms with E-state index in [0.29, 0.717) is 26.2 Å². The van der Waals surface area contributed by atoms with Crippen LogP contribution in [0.5, 0.6) is 0 Å². The number of aromatic amines is 1. The minimum Gasteiger partial charge on any atom is -0.383 e. The summed E-state index contributed by atoms with van der Waals surface area (Å²) in [6.45, 7) is 7.33. The predicted octanol–water partition coefficient (Wildman–Crippen LogP) is 1.68. The van der Waals surface area contributed by atoms with Crippen molar-refractivity contribution in [3.63, 3.8) is 0 Å². The fraction of sp³-hybridized carbons (Fsp3) is 0.429. The second-order valence-corrected chi connectivity index (χ2v) is 7.66. The summed E-state index contributed by atoms with van der Waals surface area (Å²) in [4.78, 5) is 38.6. The summed E-state index contributed by atoms with van der Waals surface area (Å²) in [7, 11) is 1.59. The van der Waals surface area contributed by atoms with Gasteiger partial charge in [-0.3, -0.25) is 14.3 Å². The molecule has 0 spiro atoms. The lowest BCUT2D eigenvalue weighted by Crippen LogP contribution is -2.40. The molecule has 0 bridgehead atoms. The number of hydrogen-bond donors (Lipinski definition) is 2. The molecule has 2 heterocycles. The Morgan fingerprint density at radius 2 is 1.87 bits per heavy atom. The molecule has 0 radical (unpaired) electrons. The Morgan fingerprint density at radius 1 is 1.20 bits per heavy atom. The molecule has 0 fully saturated rings. The van der Waals surface area contributed by atoms with Crippen molar-refractivity contribution in [2.24, 2.45) is 5.92 Å². The molecule has 9 nitrogen and oxygen atoms in total. The third kappa shape index (κ3) is 4.51. The molecule has 1 aromatic carbocycles. The van der Waals surface area contributed by atoms with Crippen LogP contribution < -0.4 is 21.9 Å². The number of anilines is 2. The number of ether oxygens (including phenoxy) is 1. The zero-order chi connectivity index (χ0) is 21.8. The van der Waals surface area contributed by atoms with E-state index in [-0.39, 0.29) is 17.4 Å². The molecule has 0 saturated carbocycles. The summed E-state index contributed by atoms with van der Waals surface area (Å²) < 4.78 is 6.63. The van der Waals surface area contributed by atoms with Gasteiger partial charge in [0.25, 0.3) is 5.56 Å². The fourth-order valence-electron chi connectivity index (χ4n) is 3.36. The maximum absolute atomic E-state index is 12.7. The van der Waals surface area contributed by atoms with Gasteiger partial charge >= 0.3 is 5.69 Å². The monoisotopic (exact) mass is 412 g/mol. The molecule has 3 aromatic rings. The van der Waals surface area contributed by atoms with Crippen LogP contribution in [0.4, 0.5) is 11.5 Å².